The lowest BCUT2D eigenvalue weighted by molar-refractivity contribution is 0.0697. The van der Waals surface area contributed by atoms with Crippen LogP contribution in [0.15, 0.2) is 97.1 Å². The van der Waals surface area contributed by atoms with Crippen molar-refractivity contribution in [2.24, 2.45) is 0 Å². The third-order valence-electron chi connectivity index (χ3n) is 4.46. The van der Waals surface area contributed by atoms with Crippen LogP contribution in [0.5, 0.6) is 0 Å². The molecule has 4 rings (SSSR count). The van der Waals surface area contributed by atoms with Crippen LogP contribution in [0.2, 0.25) is 0 Å². The molecule has 0 unspecified atom stereocenters. The minimum Gasteiger partial charge on any atom is -0.478 e. The second-order valence-electron chi connectivity index (χ2n) is 6.21. The lowest BCUT2D eigenvalue weighted by atomic mass is 10.0. The normalized spacial score (nSPS) is 10.5. The van der Waals surface area contributed by atoms with Crippen LogP contribution in [0, 0.1) is 0 Å². The molecule has 0 atom stereocenters. The Balaban J connectivity index is 1.75. The zero-order valence-corrected chi connectivity index (χ0v) is 14.5. The molecule has 27 heavy (non-hydrogen) atoms. The van der Waals surface area contributed by atoms with Crippen LogP contribution in [0.1, 0.15) is 10.4 Å². The molecule has 0 aliphatic heterocycles. The first-order valence-corrected chi connectivity index (χ1v) is 8.68. The Hall–Kier alpha value is -3.72. The number of rotatable bonds is 4. The predicted octanol–water partition coefficient (Wildman–Crippen LogP) is 5.78. The monoisotopic (exact) mass is 351 g/mol. The number of aromatic carboxylic acids is 1. The fraction of sp³-hybridized carbons (Fsp3) is 0. The molecule has 0 saturated heterocycles. The summed E-state index contributed by atoms with van der Waals surface area (Å²) in [5.41, 5.74) is 5.45. The quantitative estimate of drug-likeness (QED) is 0.507. The van der Waals surface area contributed by atoms with Gasteiger partial charge in [-0.05, 0) is 23.3 Å². The minimum absolute atomic E-state index is 0.200. The molecule has 130 valence electrons. The van der Waals surface area contributed by atoms with Gasteiger partial charge in [0.1, 0.15) is 0 Å². The highest BCUT2D eigenvalue weighted by atomic mass is 16.4. The fourth-order valence-corrected chi connectivity index (χ4v) is 3.07. The molecule has 3 nitrogen and oxygen atoms in total. The molecule has 3 aromatic carbocycles. The summed E-state index contributed by atoms with van der Waals surface area (Å²) in [4.78, 5) is 16.3. The van der Waals surface area contributed by atoms with Crippen LogP contribution in [0.25, 0.3) is 33.6 Å². The number of pyridine rings is 1. The van der Waals surface area contributed by atoms with Crippen molar-refractivity contribution in [1.82, 2.24) is 4.98 Å². The maximum atomic E-state index is 11.6. The standard InChI is InChI=1S/C24H17NO2/c26-24(27)21-15-16-22(25-23(21)20-9-5-2-6-10-20)19-13-11-18(12-14-19)17-7-3-1-4-8-17/h1-16H,(H,26,27). The van der Waals surface area contributed by atoms with E-state index in [1.807, 2.05) is 60.7 Å². The van der Waals surface area contributed by atoms with Gasteiger partial charge in [-0.2, -0.15) is 0 Å². The van der Waals surface area contributed by atoms with Crippen molar-refractivity contribution >= 4 is 5.97 Å². The van der Waals surface area contributed by atoms with Gasteiger partial charge in [0.05, 0.1) is 17.0 Å². The Kier molecular flexibility index (Phi) is 4.50. The van der Waals surface area contributed by atoms with Crippen LogP contribution >= 0.6 is 0 Å². The maximum absolute atomic E-state index is 11.6. The van der Waals surface area contributed by atoms with Gasteiger partial charge < -0.3 is 5.11 Å². The topological polar surface area (TPSA) is 50.2 Å². The van der Waals surface area contributed by atoms with Crippen molar-refractivity contribution in [3.63, 3.8) is 0 Å². The number of carboxylic acids is 1. The lowest BCUT2D eigenvalue weighted by Crippen LogP contribution is -2.02. The molecule has 0 radical (unpaired) electrons. The van der Waals surface area contributed by atoms with Gasteiger partial charge >= 0.3 is 5.97 Å². The van der Waals surface area contributed by atoms with Crippen molar-refractivity contribution < 1.29 is 9.90 Å². The number of nitrogens with zero attached hydrogens (tertiary/aromatic N) is 1. The van der Waals surface area contributed by atoms with E-state index >= 15 is 0 Å². The van der Waals surface area contributed by atoms with Gasteiger partial charge in [0, 0.05) is 11.1 Å². The molecular formula is C24H17NO2. The molecule has 0 aliphatic carbocycles. The van der Waals surface area contributed by atoms with Gasteiger partial charge in [0.15, 0.2) is 0 Å². The van der Waals surface area contributed by atoms with E-state index in [0.29, 0.717) is 5.69 Å². The zero-order valence-electron chi connectivity index (χ0n) is 14.5. The van der Waals surface area contributed by atoms with Crippen LogP contribution in [0.3, 0.4) is 0 Å². The van der Waals surface area contributed by atoms with Gasteiger partial charge in [-0.25, -0.2) is 9.78 Å². The Morgan fingerprint density at radius 3 is 1.70 bits per heavy atom. The smallest absolute Gasteiger partial charge is 0.337 e. The fourth-order valence-electron chi connectivity index (χ4n) is 3.07. The second-order valence-corrected chi connectivity index (χ2v) is 6.21. The average Bonchev–Trinajstić information content (AvgIpc) is 2.74. The van der Waals surface area contributed by atoms with Crippen LogP contribution in [-0.2, 0) is 0 Å². The van der Waals surface area contributed by atoms with E-state index in [1.54, 1.807) is 12.1 Å². The van der Waals surface area contributed by atoms with Crippen molar-refractivity contribution in [2.45, 2.75) is 0 Å². The van der Waals surface area contributed by atoms with Gasteiger partial charge in [-0.15, -0.1) is 0 Å². The first-order valence-electron chi connectivity index (χ1n) is 8.68. The van der Waals surface area contributed by atoms with Crippen molar-refractivity contribution in [3.8, 4) is 33.6 Å². The third-order valence-corrected chi connectivity index (χ3v) is 4.46. The average molecular weight is 351 g/mol. The Morgan fingerprint density at radius 2 is 1.11 bits per heavy atom. The van der Waals surface area contributed by atoms with Crippen LogP contribution in [0.4, 0.5) is 0 Å². The number of hydrogen-bond donors (Lipinski definition) is 1. The molecule has 0 aliphatic rings. The van der Waals surface area contributed by atoms with E-state index < -0.39 is 5.97 Å². The molecule has 0 fully saturated rings. The summed E-state index contributed by atoms with van der Waals surface area (Å²) in [5.74, 6) is -0.979. The van der Waals surface area contributed by atoms with Crippen molar-refractivity contribution in [3.05, 3.63) is 103 Å². The van der Waals surface area contributed by atoms with Gasteiger partial charge in [0.2, 0.25) is 0 Å². The number of benzene rings is 3. The molecule has 0 spiro atoms. The molecule has 3 heteroatoms. The van der Waals surface area contributed by atoms with Crippen molar-refractivity contribution in [1.29, 1.82) is 0 Å². The molecule has 1 N–H and O–H groups in total. The predicted molar refractivity (Wildman–Crippen MR) is 108 cm³/mol. The summed E-state index contributed by atoms with van der Waals surface area (Å²) in [5, 5.41) is 9.51. The molecule has 0 saturated carbocycles. The Morgan fingerprint density at radius 1 is 0.593 bits per heavy atom. The largest absolute Gasteiger partial charge is 0.478 e. The van der Waals surface area contributed by atoms with Crippen LogP contribution < -0.4 is 0 Å². The summed E-state index contributed by atoms with van der Waals surface area (Å²) in [6.45, 7) is 0. The Bertz CT molecular complexity index is 1070. The number of hydrogen-bond acceptors (Lipinski definition) is 2. The van der Waals surface area contributed by atoms with Gasteiger partial charge in [-0.1, -0.05) is 84.9 Å². The summed E-state index contributed by atoms with van der Waals surface area (Å²) in [6.07, 6.45) is 0. The summed E-state index contributed by atoms with van der Waals surface area (Å²) in [7, 11) is 0. The summed E-state index contributed by atoms with van der Waals surface area (Å²) >= 11 is 0. The van der Waals surface area contributed by atoms with Crippen molar-refractivity contribution in [2.75, 3.05) is 0 Å². The van der Waals surface area contributed by atoms with E-state index in [4.69, 9.17) is 0 Å². The third kappa shape index (κ3) is 3.48. The highest BCUT2D eigenvalue weighted by molar-refractivity contribution is 5.95. The molecule has 0 amide bonds. The highest BCUT2D eigenvalue weighted by Gasteiger charge is 2.14. The van der Waals surface area contributed by atoms with Crippen LogP contribution in [-0.4, -0.2) is 16.1 Å². The zero-order chi connectivity index (χ0) is 18.6. The molecule has 0 bridgehead atoms. The second kappa shape index (κ2) is 7.26. The van der Waals surface area contributed by atoms with Gasteiger partial charge in [-0.3, -0.25) is 0 Å². The molecule has 4 aromatic rings. The number of carbonyl (C=O) groups is 1. The minimum atomic E-state index is -0.979. The Labute approximate surface area is 157 Å². The first-order chi connectivity index (χ1) is 13.2. The van der Waals surface area contributed by atoms with E-state index in [9.17, 15) is 9.90 Å². The SMILES string of the molecule is O=C(O)c1ccc(-c2ccc(-c3ccccc3)cc2)nc1-c1ccccc1. The molecule has 1 heterocycles. The highest BCUT2D eigenvalue weighted by Crippen LogP contribution is 2.28. The maximum Gasteiger partial charge on any atom is 0.337 e. The van der Waals surface area contributed by atoms with E-state index in [0.717, 1.165) is 27.9 Å². The number of aromatic nitrogens is 1. The summed E-state index contributed by atoms with van der Waals surface area (Å²) in [6, 6.07) is 31.1. The molecular weight excluding hydrogens is 334 g/mol. The van der Waals surface area contributed by atoms with E-state index in [1.165, 1.54) is 0 Å². The number of carboxylic acid groups (broad SMARTS) is 1. The first kappa shape index (κ1) is 16.7. The lowest BCUT2D eigenvalue weighted by Gasteiger charge is -2.09. The summed E-state index contributed by atoms with van der Waals surface area (Å²) < 4.78 is 0. The molecule has 1 aromatic heterocycles. The van der Waals surface area contributed by atoms with Gasteiger partial charge in [0.25, 0.3) is 0 Å². The van der Waals surface area contributed by atoms with E-state index in [2.05, 4.69) is 29.2 Å². The van der Waals surface area contributed by atoms with E-state index in [-0.39, 0.29) is 5.56 Å².